The maximum atomic E-state index is 11.0. The molecule has 3 nitrogen and oxygen atoms in total. The largest absolute Gasteiger partial charge is 0.358 e. The Morgan fingerprint density at radius 1 is 1.29 bits per heavy atom. The van der Waals surface area contributed by atoms with E-state index >= 15 is 0 Å². The van der Waals surface area contributed by atoms with Crippen molar-refractivity contribution in [2.24, 2.45) is 7.05 Å². The molecule has 0 radical (unpaired) electrons. The molecule has 0 spiro atoms. The van der Waals surface area contributed by atoms with E-state index in [2.05, 4.69) is 15.9 Å². The first-order valence-corrected chi connectivity index (χ1v) is 4.89. The Balaban J connectivity index is 2.54. The molecule has 2 rings (SSSR count). The van der Waals surface area contributed by atoms with Gasteiger partial charge in [-0.1, -0.05) is 28.1 Å². The molecule has 0 aliphatic rings. The van der Waals surface area contributed by atoms with Gasteiger partial charge in [0.1, 0.15) is 0 Å². The van der Waals surface area contributed by atoms with Crippen molar-refractivity contribution in [1.82, 2.24) is 4.74 Å². The van der Waals surface area contributed by atoms with Crippen LogP contribution in [0, 0.1) is 0 Å². The van der Waals surface area contributed by atoms with E-state index in [-0.39, 0.29) is 5.63 Å². The number of hydrogen-bond acceptors (Lipinski definition) is 2. The number of nitrogens with zero attached hydrogens (tertiary/aromatic N) is 1. The Hall–Kier alpha value is -1.29. The summed E-state index contributed by atoms with van der Waals surface area (Å²) in [5.74, 6) is 0. The fourth-order valence-electron chi connectivity index (χ4n) is 1.30. The van der Waals surface area contributed by atoms with Crippen LogP contribution in [0.3, 0.4) is 0 Å². The zero-order valence-corrected chi connectivity index (χ0v) is 9.11. The Bertz CT molecular complexity index is 496. The van der Waals surface area contributed by atoms with Crippen molar-refractivity contribution in [3.05, 3.63) is 45.2 Å². The smallest absolute Gasteiger partial charge is 0.336 e. The Morgan fingerprint density at radius 3 is 2.43 bits per heavy atom. The van der Waals surface area contributed by atoms with Crippen LogP contribution in [0.2, 0.25) is 0 Å². The van der Waals surface area contributed by atoms with Crippen molar-refractivity contribution >= 4 is 15.9 Å². The third-order valence-corrected chi connectivity index (χ3v) is 2.49. The summed E-state index contributed by atoms with van der Waals surface area (Å²) in [4.78, 5) is 11.0. The second-order valence-electron chi connectivity index (χ2n) is 2.94. The molecule has 1 aromatic heterocycles. The molecule has 4 heteroatoms. The molecule has 2 aromatic rings. The van der Waals surface area contributed by atoms with E-state index in [9.17, 15) is 4.79 Å². The molecule has 0 N–H and O–H groups in total. The van der Waals surface area contributed by atoms with Crippen LogP contribution in [-0.2, 0) is 7.05 Å². The van der Waals surface area contributed by atoms with E-state index in [0.717, 1.165) is 15.7 Å². The van der Waals surface area contributed by atoms with Crippen LogP contribution < -0.4 is 5.63 Å². The first kappa shape index (κ1) is 9.27. The van der Waals surface area contributed by atoms with E-state index in [1.807, 2.05) is 24.3 Å². The molecule has 0 bridgehead atoms. The van der Waals surface area contributed by atoms with Gasteiger partial charge in [-0.2, -0.15) is 0 Å². The van der Waals surface area contributed by atoms with Gasteiger partial charge in [-0.15, -0.1) is 0 Å². The minimum absolute atomic E-state index is 0.328. The van der Waals surface area contributed by atoms with Gasteiger partial charge in [0.15, 0.2) is 0 Å². The van der Waals surface area contributed by atoms with Gasteiger partial charge in [0.25, 0.3) is 0 Å². The molecule has 0 atom stereocenters. The maximum Gasteiger partial charge on any atom is 0.358 e. The summed E-state index contributed by atoms with van der Waals surface area (Å²) < 4.78 is 7.32. The fraction of sp³-hybridized carbons (Fsp3) is 0.100. The summed E-state index contributed by atoms with van der Waals surface area (Å²) in [6.07, 6.45) is 0. The fourth-order valence-corrected chi connectivity index (χ4v) is 1.56. The van der Waals surface area contributed by atoms with Crippen LogP contribution in [0.4, 0.5) is 0 Å². The molecule has 0 saturated carbocycles. The third kappa shape index (κ3) is 1.65. The van der Waals surface area contributed by atoms with Crippen molar-refractivity contribution in [2.45, 2.75) is 0 Å². The van der Waals surface area contributed by atoms with Crippen LogP contribution in [-0.4, -0.2) is 4.74 Å². The maximum absolute atomic E-state index is 11.0. The minimum Gasteiger partial charge on any atom is -0.336 e. The Morgan fingerprint density at radius 2 is 1.93 bits per heavy atom. The monoisotopic (exact) mass is 253 g/mol. The minimum atomic E-state index is -0.328. The molecule has 0 amide bonds. The van der Waals surface area contributed by atoms with Crippen molar-refractivity contribution in [3.63, 3.8) is 0 Å². The Kier molecular flexibility index (Phi) is 2.29. The molecule has 72 valence electrons. The van der Waals surface area contributed by atoms with Crippen molar-refractivity contribution in [2.75, 3.05) is 0 Å². The van der Waals surface area contributed by atoms with Crippen LogP contribution in [0.15, 0.2) is 44.1 Å². The Labute approximate surface area is 89.1 Å². The van der Waals surface area contributed by atoms with Crippen molar-refractivity contribution < 1.29 is 4.52 Å². The predicted octanol–water partition coefficient (Wildman–Crippen LogP) is 2.41. The lowest BCUT2D eigenvalue weighted by Gasteiger charge is -2.00. The van der Waals surface area contributed by atoms with Crippen LogP contribution >= 0.6 is 15.9 Å². The van der Waals surface area contributed by atoms with Gasteiger partial charge in [0.2, 0.25) is 0 Å². The number of benzene rings is 1. The summed E-state index contributed by atoms with van der Waals surface area (Å²) in [6, 6.07) is 9.17. The average molecular weight is 254 g/mol. The van der Waals surface area contributed by atoms with Gasteiger partial charge in [0.05, 0.1) is 11.8 Å². The topological polar surface area (TPSA) is 35.1 Å². The van der Waals surface area contributed by atoms with E-state index in [4.69, 9.17) is 4.52 Å². The summed E-state index contributed by atoms with van der Waals surface area (Å²) in [5.41, 5.74) is 1.41. The first-order chi connectivity index (χ1) is 6.66. The van der Waals surface area contributed by atoms with E-state index in [1.165, 1.54) is 10.8 Å². The van der Waals surface area contributed by atoms with E-state index < -0.39 is 0 Å². The molecule has 0 aliphatic carbocycles. The second kappa shape index (κ2) is 3.46. The van der Waals surface area contributed by atoms with Crippen LogP contribution in [0.25, 0.3) is 11.3 Å². The molecule has 1 aromatic carbocycles. The summed E-state index contributed by atoms with van der Waals surface area (Å²) >= 11 is 3.35. The molecular formula is C10H8BrNO2. The molecule has 0 fully saturated rings. The van der Waals surface area contributed by atoms with Gasteiger partial charge < -0.3 is 4.52 Å². The molecular weight excluding hydrogens is 246 g/mol. The van der Waals surface area contributed by atoms with Gasteiger partial charge in [0, 0.05) is 17.1 Å². The van der Waals surface area contributed by atoms with Gasteiger partial charge in [-0.3, -0.25) is 0 Å². The summed E-state index contributed by atoms with van der Waals surface area (Å²) in [5, 5.41) is 0. The van der Waals surface area contributed by atoms with Gasteiger partial charge >= 0.3 is 5.63 Å². The number of halogens is 1. The lowest BCUT2D eigenvalue weighted by Crippen LogP contribution is -1.90. The summed E-state index contributed by atoms with van der Waals surface area (Å²) in [7, 11) is 1.71. The highest BCUT2D eigenvalue weighted by molar-refractivity contribution is 9.10. The van der Waals surface area contributed by atoms with Gasteiger partial charge in [-0.25, -0.2) is 9.53 Å². The quantitative estimate of drug-likeness (QED) is 0.783. The number of rotatable bonds is 1. The zero-order valence-electron chi connectivity index (χ0n) is 7.53. The van der Waals surface area contributed by atoms with Crippen LogP contribution in [0.5, 0.6) is 0 Å². The lowest BCUT2D eigenvalue weighted by atomic mass is 10.1. The van der Waals surface area contributed by atoms with Crippen molar-refractivity contribution in [3.8, 4) is 11.3 Å². The molecule has 0 saturated heterocycles. The molecule has 0 unspecified atom stereocenters. The molecule has 0 aliphatic heterocycles. The van der Waals surface area contributed by atoms with E-state index in [0.29, 0.717) is 0 Å². The highest BCUT2D eigenvalue weighted by Gasteiger charge is 2.05. The normalized spacial score (nSPS) is 10.4. The highest BCUT2D eigenvalue weighted by Crippen LogP contribution is 2.19. The standard InChI is InChI=1S/C10H8BrNO2/c1-12-9(6-10(13)14-12)7-2-4-8(11)5-3-7/h2-6H,1H3. The third-order valence-electron chi connectivity index (χ3n) is 1.96. The summed E-state index contributed by atoms with van der Waals surface area (Å²) in [6.45, 7) is 0. The highest BCUT2D eigenvalue weighted by atomic mass is 79.9. The molecule has 14 heavy (non-hydrogen) atoms. The number of hydrogen-bond donors (Lipinski definition) is 0. The van der Waals surface area contributed by atoms with Crippen LogP contribution in [0.1, 0.15) is 0 Å². The van der Waals surface area contributed by atoms with E-state index in [1.54, 1.807) is 7.05 Å². The SMILES string of the molecule is Cn1oc(=O)cc1-c1ccc(Br)cc1. The van der Waals surface area contributed by atoms with Crippen molar-refractivity contribution in [1.29, 1.82) is 0 Å². The second-order valence-corrected chi connectivity index (χ2v) is 3.86. The lowest BCUT2D eigenvalue weighted by molar-refractivity contribution is 0.289. The molecule has 1 heterocycles. The number of aromatic nitrogens is 1. The predicted molar refractivity (Wildman–Crippen MR) is 57.1 cm³/mol. The first-order valence-electron chi connectivity index (χ1n) is 4.10. The average Bonchev–Trinajstić information content (AvgIpc) is 2.47. The number of aryl methyl sites for hydroxylation is 1. The van der Waals surface area contributed by atoms with Gasteiger partial charge in [-0.05, 0) is 12.1 Å². The zero-order chi connectivity index (χ0) is 10.1.